The second kappa shape index (κ2) is 6.11. The Kier molecular flexibility index (Phi) is 3.81. The number of nitrogens with zero attached hydrogens (tertiary/aromatic N) is 4. The summed E-state index contributed by atoms with van der Waals surface area (Å²) in [5.41, 5.74) is 6.52. The molecule has 3 aliphatic rings. The molecular weight excluding hydrogens is 352 g/mol. The van der Waals surface area contributed by atoms with E-state index in [0.29, 0.717) is 23.0 Å². The lowest BCUT2D eigenvalue weighted by atomic mass is 9.95. The van der Waals surface area contributed by atoms with Crippen LogP contribution in [0.3, 0.4) is 0 Å². The van der Waals surface area contributed by atoms with Gasteiger partial charge in [-0.25, -0.2) is 15.0 Å². The maximum atomic E-state index is 12.7. The van der Waals surface area contributed by atoms with Crippen molar-refractivity contribution in [3.05, 3.63) is 12.7 Å². The smallest absolute Gasteiger partial charge is 0.252 e. The van der Waals surface area contributed by atoms with E-state index in [2.05, 4.69) is 20.3 Å². The van der Waals surface area contributed by atoms with Gasteiger partial charge in [-0.15, -0.1) is 0 Å². The van der Waals surface area contributed by atoms with E-state index in [4.69, 9.17) is 10.5 Å². The van der Waals surface area contributed by atoms with E-state index in [1.54, 1.807) is 0 Å². The maximum Gasteiger partial charge on any atom is 0.252 e. The summed E-state index contributed by atoms with van der Waals surface area (Å²) in [6, 6.07) is 0.129. The van der Waals surface area contributed by atoms with Crippen LogP contribution in [0.25, 0.3) is 11.2 Å². The molecule has 1 aliphatic heterocycles. The Morgan fingerprint density at radius 3 is 2.81 bits per heavy atom. The molecule has 1 amide bonds. The van der Waals surface area contributed by atoms with Crippen LogP contribution in [-0.2, 0) is 9.53 Å². The first-order valence-electron chi connectivity index (χ1n) is 9.28. The molecule has 10 heteroatoms. The van der Waals surface area contributed by atoms with Crippen LogP contribution in [-0.4, -0.2) is 60.0 Å². The molecule has 7 atom stereocenters. The van der Waals surface area contributed by atoms with Crippen LogP contribution >= 0.6 is 0 Å². The zero-order valence-electron chi connectivity index (χ0n) is 14.6. The second-order valence-corrected chi connectivity index (χ2v) is 7.80. The van der Waals surface area contributed by atoms with Gasteiger partial charge >= 0.3 is 0 Å². The van der Waals surface area contributed by atoms with E-state index in [0.717, 1.165) is 19.3 Å². The summed E-state index contributed by atoms with van der Waals surface area (Å²) in [5.74, 6) is 1.02. The van der Waals surface area contributed by atoms with Gasteiger partial charge in [-0.3, -0.25) is 9.36 Å². The number of amides is 1. The predicted octanol–water partition coefficient (Wildman–Crippen LogP) is -0.667. The summed E-state index contributed by atoms with van der Waals surface area (Å²) in [7, 11) is 0. The highest BCUT2D eigenvalue weighted by molar-refractivity contribution is 5.83. The molecule has 5 N–H and O–H groups in total. The molecule has 144 valence electrons. The minimum absolute atomic E-state index is 0.129. The lowest BCUT2D eigenvalue weighted by molar-refractivity contribution is -0.138. The van der Waals surface area contributed by atoms with Crippen molar-refractivity contribution in [3.8, 4) is 0 Å². The predicted molar refractivity (Wildman–Crippen MR) is 93.0 cm³/mol. The summed E-state index contributed by atoms with van der Waals surface area (Å²) in [4.78, 5) is 24.8. The second-order valence-electron chi connectivity index (χ2n) is 7.80. The summed E-state index contributed by atoms with van der Waals surface area (Å²) in [6.45, 7) is 0. The zero-order valence-corrected chi connectivity index (χ0v) is 14.6. The minimum Gasteiger partial charge on any atom is -0.387 e. The number of carbonyl (C=O) groups excluding carboxylic acids is 1. The van der Waals surface area contributed by atoms with E-state index >= 15 is 0 Å². The number of nitrogens with two attached hydrogens (primary N) is 1. The third-order valence-corrected chi connectivity index (χ3v) is 6.22. The number of anilines is 1. The number of ether oxygens (including phenoxy) is 1. The van der Waals surface area contributed by atoms with Crippen molar-refractivity contribution in [1.82, 2.24) is 24.8 Å². The summed E-state index contributed by atoms with van der Waals surface area (Å²) < 4.78 is 7.20. The number of aliphatic hydroxyl groups excluding tert-OH is 2. The highest BCUT2D eigenvalue weighted by atomic mass is 16.6. The highest BCUT2D eigenvalue weighted by Gasteiger charge is 2.49. The molecule has 0 radical (unpaired) electrons. The van der Waals surface area contributed by atoms with Crippen LogP contribution < -0.4 is 11.1 Å². The molecule has 2 saturated carbocycles. The van der Waals surface area contributed by atoms with Gasteiger partial charge in [0.1, 0.15) is 24.1 Å². The van der Waals surface area contributed by atoms with Crippen LogP contribution in [0, 0.1) is 11.8 Å². The SMILES string of the molecule is Nc1ncnc2c1ncn2C1O[C@H](C(=O)NC2CC3CCC2C3)[C@@H](O)[C@H]1O. The number of hydrogen-bond donors (Lipinski definition) is 4. The van der Waals surface area contributed by atoms with Crippen molar-refractivity contribution >= 4 is 22.9 Å². The number of aromatic nitrogens is 4. The lowest BCUT2D eigenvalue weighted by Crippen LogP contribution is -2.48. The number of imidazole rings is 1. The molecule has 1 saturated heterocycles. The topological polar surface area (TPSA) is 148 Å². The molecule has 2 aromatic heterocycles. The fourth-order valence-electron chi connectivity index (χ4n) is 4.85. The molecule has 2 aromatic rings. The normalized spacial score (nSPS) is 37.9. The molecule has 0 aromatic carbocycles. The molecule has 27 heavy (non-hydrogen) atoms. The fraction of sp³-hybridized carbons (Fsp3) is 0.647. The van der Waals surface area contributed by atoms with Crippen molar-refractivity contribution in [3.63, 3.8) is 0 Å². The third-order valence-electron chi connectivity index (χ3n) is 6.22. The quantitative estimate of drug-likeness (QED) is 0.553. The number of nitrogen functional groups attached to an aromatic ring is 1. The lowest BCUT2D eigenvalue weighted by Gasteiger charge is -2.25. The monoisotopic (exact) mass is 374 g/mol. The standard InChI is InChI=1S/C17H22N6O4/c18-14-10-15(20-5-19-14)23(6-21-10)17-12(25)11(24)13(27-17)16(26)22-9-4-7-1-2-8(9)3-7/h5-9,11-13,17,24-25H,1-4H2,(H,22,26)(H2,18,19,20)/t7?,8?,9?,11-,12+,13-,17?/m0/s1. The molecule has 3 heterocycles. The number of rotatable bonds is 3. The van der Waals surface area contributed by atoms with Gasteiger partial charge in [0, 0.05) is 6.04 Å². The number of fused-ring (bicyclic) bond motifs is 3. The Labute approximate surface area is 154 Å². The van der Waals surface area contributed by atoms with Crippen LogP contribution in [0.4, 0.5) is 5.82 Å². The van der Waals surface area contributed by atoms with E-state index in [1.807, 2.05) is 0 Å². The van der Waals surface area contributed by atoms with E-state index < -0.39 is 24.5 Å². The van der Waals surface area contributed by atoms with Gasteiger partial charge < -0.3 is 26.0 Å². The fourth-order valence-corrected chi connectivity index (χ4v) is 4.85. The molecule has 2 bridgehead atoms. The van der Waals surface area contributed by atoms with Gasteiger partial charge in [0.2, 0.25) is 0 Å². The van der Waals surface area contributed by atoms with Gasteiger partial charge in [-0.1, -0.05) is 6.42 Å². The molecule has 5 rings (SSSR count). The summed E-state index contributed by atoms with van der Waals surface area (Å²) >= 11 is 0. The average Bonchev–Trinajstić information content (AvgIpc) is 3.41. The Hall–Kier alpha value is -2.30. The van der Waals surface area contributed by atoms with Gasteiger partial charge in [-0.2, -0.15) is 0 Å². The van der Waals surface area contributed by atoms with Crippen molar-refractivity contribution < 1.29 is 19.7 Å². The first-order valence-corrected chi connectivity index (χ1v) is 9.28. The molecule has 0 spiro atoms. The van der Waals surface area contributed by atoms with Gasteiger partial charge in [0.05, 0.1) is 6.33 Å². The molecule has 4 unspecified atom stereocenters. The van der Waals surface area contributed by atoms with Crippen molar-refractivity contribution in [2.24, 2.45) is 11.8 Å². The number of aliphatic hydroxyl groups is 2. The Morgan fingerprint density at radius 1 is 1.22 bits per heavy atom. The molecule has 10 nitrogen and oxygen atoms in total. The number of carbonyl (C=O) groups is 1. The maximum absolute atomic E-state index is 12.7. The van der Waals surface area contributed by atoms with Crippen LogP contribution in [0.15, 0.2) is 12.7 Å². The van der Waals surface area contributed by atoms with E-state index in [9.17, 15) is 15.0 Å². The van der Waals surface area contributed by atoms with Crippen LogP contribution in [0.1, 0.15) is 31.9 Å². The summed E-state index contributed by atoms with van der Waals surface area (Å²) in [6.07, 6.45) is 2.42. The van der Waals surface area contributed by atoms with Crippen molar-refractivity contribution in [2.45, 2.75) is 56.3 Å². The first-order chi connectivity index (χ1) is 13.0. The van der Waals surface area contributed by atoms with Gasteiger partial charge in [-0.05, 0) is 31.1 Å². The highest BCUT2D eigenvalue weighted by Crippen LogP contribution is 2.44. The third kappa shape index (κ3) is 2.59. The molecular formula is C17H22N6O4. The van der Waals surface area contributed by atoms with Gasteiger partial charge in [0.15, 0.2) is 23.8 Å². The van der Waals surface area contributed by atoms with Crippen LogP contribution in [0.2, 0.25) is 0 Å². The zero-order chi connectivity index (χ0) is 18.7. The Morgan fingerprint density at radius 2 is 2.07 bits per heavy atom. The Bertz CT molecular complexity index is 887. The molecule has 2 aliphatic carbocycles. The van der Waals surface area contributed by atoms with E-state index in [1.165, 1.54) is 23.6 Å². The first kappa shape index (κ1) is 16.8. The van der Waals surface area contributed by atoms with E-state index in [-0.39, 0.29) is 17.8 Å². The number of nitrogens with one attached hydrogen (secondary N) is 1. The average molecular weight is 374 g/mol. The Balaban J connectivity index is 1.35. The minimum atomic E-state index is -1.34. The van der Waals surface area contributed by atoms with Gasteiger partial charge in [0.25, 0.3) is 5.91 Å². The molecule has 3 fully saturated rings. The summed E-state index contributed by atoms with van der Waals surface area (Å²) in [5, 5.41) is 23.9. The van der Waals surface area contributed by atoms with Crippen molar-refractivity contribution in [1.29, 1.82) is 0 Å². The van der Waals surface area contributed by atoms with Crippen molar-refractivity contribution in [2.75, 3.05) is 5.73 Å². The van der Waals surface area contributed by atoms with Crippen LogP contribution in [0.5, 0.6) is 0 Å². The largest absolute Gasteiger partial charge is 0.387 e. The number of hydrogen-bond acceptors (Lipinski definition) is 8.